The van der Waals surface area contributed by atoms with Crippen molar-refractivity contribution in [1.82, 2.24) is 0 Å². The van der Waals surface area contributed by atoms with Gasteiger partial charge in [0.05, 0.1) is 0 Å². The van der Waals surface area contributed by atoms with Crippen LogP contribution in [0.25, 0.3) is 0 Å². The van der Waals surface area contributed by atoms with E-state index >= 15 is 0 Å². The molecule has 0 rings (SSSR count). The number of hydrogen-bond donors (Lipinski definition) is 0. The second kappa shape index (κ2) is 10.6. The van der Waals surface area contributed by atoms with E-state index in [1.54, 1.807) is 0 Å². The Kier molecular flexibility index (Phi) is 10.4. The summed E-state index contributed by atoms with van der Waals surface area (Å²) in [5.41, 5.74) is 0. The molecule has 0 atom stereocenters. The molecule has 0 fully saturated rings. The molecule has 23 heteroatoms. The number of rotatable bonds is 15. The molecule has 1 nitrogen and oxygen atoms in total. The fourth-order valence-corrected chi connectivity index (χ4v) is 14.5. The number of hydrogen-bond acceptors (Lipinski definition) is 1. The van der Waals surface area contributed by atoms with Gasteiger partial charge in [0.25, 0.3) is 0 Å². The van der Waals surface area contributed by atoms with E-state index in [0.717, 1.165) is 0 Å². The van der Waals surface area contributed by atoms with Crippen LogP contribution in [0, 0.1) is 0 Å². The Balaban J connectivity index is 8.51. The standard InChI is InChI=1S/3C4H2F7.C3H7O.Sn/c3*5-1-3(8,9)4(10,11)2(6)7;1-2-3-4;/h3*1H2;2-3H2,1H3;/q;;;-1;+1. The first kappa shape index (κ1) is 37.3. The van der Waals surface area contributed by atoms with Gasteiger partial charge in [0, 0.05) is 0 Å². The van der Waals surface area contributed by atoms with E-state index in [4.69, 9.17) is 0 Å². The molecule has 0 unspecified atom stereocenters. The van der Waals surface area contributed by atoms with E-state index < -0.39 is 99.2 Å². The van der Waals surface area contributed by atoms with Gasteiger partial charge in [-0.2, -0.15) is 0 Å². The van der Waals surface area contributed by atoms with Crippen LogP contribution in [-0.2, 0) is 3.07 Å². The number of alkyl halides is 21. The van der Waals surface area contributed by atoms with Gasteiger partial charge in [-0.3, -0.25) is 0 Å². The average molecular weight is 727 g/mol. The summed E-state index contributed by atoms with van der Waals surface area (Å²) in [7, 11) is 0. The minimum atomic E-state index is -12.2. The van der Waals surface area contributed by atoms with Crippen LogP contribution in [-0.4, -0.2) is 92.8 Å². The Bertz CT molecular complexity index is 711. The molecule has 0 heterocycles. The fourth-order valence-electron chi connectivity index (χ4n) is 2.72. The molecular weight excluding hydrogens is 714 g/mol. The minimum absolute atomic E-state index is 0.391. The monoisotopic (exact) mass is 728 g/mol. The van der Waals surface area contributed by atoms with Crippen LogP contribution in [0.3, 0.4) is 0 Å². The molecular formula is C15H13F21OSn. The molecule has 0 amide bonds. The van der Waals surface area contributed by atoms with Crippen molar-refractivity contribution in [3.63, 3.8) is 0 Å². The van der Waals surface area contributed by atoms with Crippen LogP contribution in [0.2, 0.25) is 0 Å². The Labute approximate surface area is 202 Å². The van der Waals surface area contributed by atoms with E-state index in [-0.39, 0.29) is 0 Å². The summed E-state index contributed by atoms with van der Waals surface area (Å²) in [6.07, 6.45) is -1.44. The number of halogens is 21. The van der Waals surface area contributed by atoms with Gasteiger partial charge in [-0.25, -0.2) is 0 Å². The maximum atomic E-state index is 14.8. The first-order valence-corrected chi connectivity index (χ1v) is 14.7. The van der Waals surface area contributed by atoms with Crippen LogP contribution in [0.5, 0.6) is 0 Å². The van der Waals surface area contributed by atoms with Crippen LogP contribution in [0.1, 0.15) is 13.3 Å². The Hall–Kier alpha value is -0.711. The molecule has 0 spiro atoms. The average Bonchev–Trinajstić information content (AvgIpc) is 2.77. The van der Waals surface area contributed by atoms with Crippen LogP contribution in [0.15, 0.2) is 0 Å². The van der Waals surface area contributed by atoms with Crippen molar-refractivity contribution in [2.45, 2.75) is 60.7 Å². The predicted octanol–water partition coefficient (Wildman–Crippen LogP) is 7.60. The zero-order chi connectivity index (χ0) is 31.2. The molecule has 0 saturated carbocycles. The first-order chi connectivity index (χ1) is 16.5. The SMILES string of the molecule is CCC[O][Sn]([C](F)(F)C(F)(F)C(F)(F)CF)([C](F)(F)C(F)(F)C(F)(F)CF)[C](F)(F)C(F)(F)C(F)(F)CF. The van der Waals surface area contributed by atoms with Gasteiger partial charge in [0.1, 0.15) is 0 Å². The zero-order valence-corrected chi connectivity index (χ0v) is 20.7. The van der Waals surface area contributed by atoms with Crippen molar-refractivity contribution < 1.29 is 95.3 Å². The quantitative estimate of drug-likeness (QED) is 0.125. The molecule has 0 aromatic rings. The molecule has 38 heavy (non-hydrogen) atoms. The summed E-state index contributed by atoms with van der Waals surface area (Å²) < 4.78 is 267. The van der Waals surface area contributed by atoms with Gasteiger partial charge in [0.2, 0.25) is 0 Å². The van der Waals surface area contributed by atoms with Gasteiger partial charge >= 0.3 is 201 Å². The predicted molar refractivity (Wildman–Crippen MR) is 84.4 cm³/mol. The van der Waals surface area contributed by atoms with Crippen molar-refractivity contribution in [1.29, 1.82) is 0 Å². The van der Waals surface area contributed by atoms with Crippen molar-refractivity contribution in [3.8, 4) is 0 Å². The molecule has 0 aromatic carbocycles. The molecule has 0 saturated heterocycles. The topological polar surface area (TPSA) is 9.23 Å². The van der Waals surface area contributed by atoms with Crippen LogP contribution >= 0.6 is 0 Å². The van der Waals surface area contributed by atoms with Crippen molar-refractivity contribution in [3.05, 3.63) is 0 Å². The Morgan fingerprint density at radius 2 is 0.658 bits per heavy atom. The van der Waals surface area contributed by atoms with Crippen molar-refractivity contribution in [2.75, 3.05) is 26.6 Å². The summed E-state index contributed by atoms with van der Waals surface area (Å²) >= 11 is -12.2. The summed E-state index contributed by atoms with van der Waals surface area (Å²) in [6, 6.07) is 0. The van der Waals surface area contributed by atoms with Gasteiger partial charge in [-0.05, 0) is 0 Å². The second-order valence-corrected chi connectivity index (χ2v) is 17.6. The molecule has 0 N–H and O–H groups in total. The normalized spacial score (nSPS) is 16.3. The van der Waals surface area contributed by atoms with Crippen molar-refractivity contribution in [2.24, 2.45) is 0 Å². The van der Waals surface area contributed by atoms with E-state index in [1.807, 2.05) is 0 Å². The third-order valence-corrected chi connectivity index (χ3v) is 17.0. The van der Waals surface area contributed by atoms with Crippen LogP contribution < -0.4 is 0 Å². The molecule has 0 aliphatic rings. The van der Waals surface area contributed by atoms with E-state index in [9.17, 15) is 92.2 Å². The summed E-state index contributed by atoms with van der Waals surface area (Å²) in [6.45, 7) is -14.7. The van der Waals surface area contributed by atoms with Gasteiger partial charge in [-0.1, -0.05) is 0 Å². The van der Waals surface area contributed by atoms with Crippen LogP contribution in [0.4, 0.5) is 92.2 Å². The molecule has 0 radical (unpaired) electrons. The van der Waals surface area contributed by atoms with Crippen molar-refractivity contribution >= 4 is 18.8 Å². The van der Waals surface area contributed by atoms with Gasteiger partial charge < -0.3 is 0 Å². The fraction of sp³-hybridized carbons (Fsp3) is 1.00. The maximum absolute atomic E-state index is 14.8. The molecule has 230 valence electrons. The molecule has 0 aliphatic carbocycles. The van der Waals surface area contributed by atoms with E-state index in [1.165, 1.54) is 0 Å². The third-order valence-electron chi connectivity index (χ3n) is 4.91. The third kappa shape index (κ3) is 4.67. The Morgan fingerprint density at radius 1 is 0.447 bits per heavy atom. The zero-order valence-electron chi connectivity index (χ0n) is 17.9. The summed E-state index contributed by atoms with van der Waals surface area (Å²) in [4.78, 5) is 0. The van der Waals surface area contributed by atoms with E-state index in [0.29, 0.717) is 6.92 Å². The molecule has 0 bridgehead atoms. The summed E-state index contributed by atoms with van der Waals surface area (Å²) in [5, 5.41) is 0. The Morgan fingerprint density at radius 3 is 0.816 bits per heavy atom. The first-order valence-electron chi connectivity index (χ1n) is 9.21. The molecule has 0 aromatic heterocycles. The second-order valence-electron chi connectivity index (χ2n) is 7.49. The van der Waals surface area contributed by atoms with E-state index in [2.05, 4.69) is 3.07 Å². The van der Waals surface area contributed by atoms with Gasteiger partial charge in [0.15, 0.2) is 0 Å². The summed E-state index contributed by atoms with van der Waals surface area (Å²) in [5.74, 6) is -46.5. The van der Waals surface area contributed by atoms with Gasteiger partial charge in [-0.15, -0.1) is 0 Å². The molecule has 0 aliphatic heterocycles.